The first-order chi connectivity index (χ1) is 13.4. The van der Waals surface area contributed by atoms with Crippen molar-refractivity contribution in [1.82, 2.24) is 9.62 Å². The quantitative estimate of drug-likeness (QED) is 0.613. The van der Waals surface area contributed by atoms with E-state index < -0.39 is 10.0 Å². The van der Waals surface area contributed by atoms with Gasteiger partial charge in [-0.3, -0.25) is 4.79 Å². The lowest BCUT2D eigenvalue weighted by Crippen LogP contribution is -2.31. The Morgan fingerprint density at radius 2 is 1.71 bits per heavy atom. The highest BCUT2D eigenvalue weighted by molar-refractivity contribution is 7.89. The fraction of sp³-hybridized carbons (Fsp3) is 0.350. The Morgan fingerprint density at radius 1 is 1.04 bits per heavy atom. The number of carbonyl (C=O) groups excluding carboxylic acids is 1. The maximum atomic E-state index is 12.6. The number of sulfonamides is 1. The second-order valence-electron chi connectivity index (χ2n) is 5.87. The Bertz CT molecular complexity index is 895. The molecule has 0 aliphatic rings. The number of carbonyl (C=O) groups is 1. The minimum atomic E-state index is -3.61. The summed E-state index contributed by atoms with van der Waals surface area (Å²) in [6.07, 6.45) is 0. The van der Waals surface area contributed by atoms with Crippen molar-refractivity contribution >= 4 is 15.9 Å². The van der Waals surface area contributed by atoms with E-state index in [-0.39, 0.29) is 29.5 Å². The summed E-state index contributed by atoms with van der Waals surface area (Å²) in [6.45, 7) is 4.82. The lowest BCUT2D eigenvalue weighted by molar-refractivity contribution is 0.0946. The molecule has 2 aromatic carbocycles. The monoisotopic (exact) mass is 406 g/mol. The number of nitrogens with zero attached hydrogens (tertiary/aromatic N) is 1. The van der Waals surface area contributed by atoms with Crippen molar-refractivity contribution in [2.75, 3.05) is 33.4 Å². The summed E-state index contributed by atoms with van der Waals surface area (Å²) in [5.74, 6) is 0.843. The first kappa shape index (κ1) is 21.7. The highest BCUT2D eigenvalue weighted by Crippen LogP contribution is 2.25. The second kappa shape index (κ2) is 10.1. The molecule has 0 unspecified atom stereocenters. The molecule has 152 valence electrons. The van der Waals surface area contributed by atoms with Crippen molar-refractivity contribution in [2.45, 2.75) is 18.7 Å². The van der Waals surface area contributed by atoms with E-state index in [0.717, 1.165) is 0 Å². The lowest BCUT2D eigenvalue weighted by Gasteiger charge is -2.18. The number of hydrogen-bond donors (Lipinski definition) is 1. The van der Waals surface area contributed by atoms with E-state index in [1.807, 2.05) is 12.1 Å². The van der Waals surface area contributed by atoms with Crippen LogP contribution < -0.4 is 14.8 Å². The maximum absolute atomic E-state index is 12.6. The van der Waals surface area contributed by atoms with Gasteiger partial charge in [0.2, 0.25) is 10.0 Å². The fourth-order valence-electron chi connectivity index (χ4n) is 2.68. The SMILES string of the molecule is CCN(CC)S(=O)(=O)c1cccc(C(=O)NCCOc2ccccc2OC)c1. The number of rotatable bonds is 10. The summed E-state index contributed by atoms with van der Waals surface area (Å²) >= 11 is 0. The summed E-state index contributed by atoms with van der Waals surface area (Å²) in [5.41, 5.74) is 0.283. The maximum Gasteiger partial charge on any atom is 0.251 e. The van der Waals surface area contributed by atoms with Crippen LogP contribution in [0.3, 0.4) is 0 Å². The topological polar surface area (TPSA) is 84.9 Å². The Balaban J connectivity index is 1.98. The van der Waals surface area contributed by atoms with Crippen molar-refractivity contribution in [1.29, 1.82) is 0 Å². The molecule has 0 saturated carbocycles. The van der Waals surface area contributed by atoms with Crippen molar-refractivity contribution in [3.05, 3.63) is 54.1 Å². The van der Waals surface area contributed by atoms with E-state index in [2.05, 4.69) is 5.32 Å². The third-order valence-corrected chi connectivity index (χ3v) is 6.20. The molecule has 7 nitrogen and oxygen atoms in total. The standard InChI is InChI=1S/C20H26N2O5S/c1-4-22(5-2)28(24,25)17-10-8-9-16(15-17)20(23)21-13-14-27-19-12-7-6-11-18(19)26-3/h6-12,15H,4-5,13-14H2,1-3H3,(H,21,23). The van der Waals surface area contributed by atoms with Gasteiger partial charge in [0.1, 0.15) is 6.61 Å². The molecule has 2 aromatic rings. The molecule has 0 atom stereocenters. The predicted molar refractivity (Wildman–Crippen MR) is 107 cm³/mol. The van der Waals surface area contributed by atoms with Crippen LogP contribution in [0.25, 0.3) is 0 Å². The first-order valence-corrected chi connectivity index (χ1v) is 10.5. The number of amides is 1. The zero-order valence-corrected chi connectivity index (χ0v) is 17.2. The third kappa shape index (κ3) is 5.24. The van der Waals surface area contributed by atoms with E-state index >= 15 is 0 Å². The molecule has 0 saturated heterocycles. The largest absolute Gasteiger partial charge is 0.493 e. The van der Waals surface area contributed by atoms with E-state index in [1.165, 1.54) is 16.4 Å². The second-order valence-corrected chi connectivity index (χ2v) is 7.81. The van der Waals surface area contributed by atoms with Gasteiger partial charge >= 0.3 is 0 Å². The molecule has 0 aliphatic carbocycles. The van der Waals surface area contributed by atoms with Crippen molar-refractivity contribution in [2.24, 2.45) is 0 Å². The van der Waals surface area contributed by atoms with E-state index in [4.69, 9.17) is 9.47 Å². The zero-order chi connectivity index (χ0) is 20.6. The van der Waals surface area contributed by atoms with Gasteiger partial charge in [-0.05, 0) is 30.3 Å². The molecule has 1 amide bonds. The van der Waals surface area contributed by atoms with Crippen LogP contribution in [0.2, 0.25) is 0 Å². The molecule has 0 spiro atoms. The van der Waals surface area contributed by atoms with Gasteiger partial charge in [0.05, 0.1) is 18.6 Å². The summed E-state index contributed by atoms with van der Waals surface area (Å²) in [5, 5.41) is 2.73. The van der Waals surface area contributed by atoms with Gasteiger partial charge in [0.15, 0.2) is 11.5 Å². The van der Waals surface area contributed by atoms with E-state index in [9.17, 15) is 13.2 Å². The average molecular weight is 407 g/mol. The van der Waals surface area contributed by atoms with Gasteiger partial charge in [-0.2, -0.15) is 4.31 Å². The fourth-order valence-corrected chi connectivity index (χ4v) is 4.18. The summed E-state index contributed by atoms with van der Waals surface area (Å²) in [7, 11) is -2.05. The molecular formula is C20H26N2O5S. The molecular weight excluding hydrogens is 380 g/mol. The third-order valence-electron chi connectivity index (χ3n) is 4.15. The summed E-state index contributed by atoms with van der Waals surface area (Å²) in [4.78, 5) is 12.5. The molecule has 2 rings (SSSR count). The molecule has 8 heteroatoms. The molecule has 28 heavy (non-hydrogen) atoms. The van der Waals surface area contributed by atoms with Crippen LogP contribution in [0.5, 0.6) is 11.5 Å². The Morgan fingerprint density at radius 3 is 2.36 bits per heavy atom. The highest BCUT2D eigenvalue weighted by Gasteiger charge is 2.22. The van der Waals surface area contributed by atoms with Gasteiger partial charge < -0.3 is 14.8 Å². The van der Waals surface area contributed by atoms with Gasteiger partial charge in [-0.15, -0.1) is 0 Å². The normalized spacial score (nSPS) is 11.3. The Labute approximate surface area is 166 Å². The van der Waals surface area contributed by atoms with Gasteiger partial charge in [0, 0.05) is 18.7 Å². The number of para-hydroxylation sites is 2. The molecule has 0 bridgehead atoms. The van der Waals surface area contributed by atoms with Crippen LogP contribution in [0.4, 0.5) is 0 Å². The molecule has 0 fully saturated rings. The van der Waals surface area contributed by atoms with Crippen LogP contribution in [0, 0.1) is 0 Å². The van der Waals surface area contributed by atoms with Crippen LogP contribution in [-0.4, -0.2) is 52.0 Å². The highest BCUT2D eigenvalue weighted by atomic mass is 32.2. The van der Waals surface area contributed by atoms with Gasteiger partial charge in [-0.1, -0.05) is 32.0 Å². The first-order valence-electron chi connectivity index (χ1n) is 9.08. The average Bonchev–Trinajstić information content (AvgIpc) is 2.72. The minimum absolute atomic E-state index is 0.106. The van der Waals surface area contributed by atoms with E-state index in [1.54, 1.807) is 45.2 Å². The van der Waals surface area contributed by atoms with Gasteiger partial charge in [0.25, 0.3) is 5.91 Å². The van der Waals surface area contributed by atoms with Crippen LogP contribution in [-0.2, 0) is 10.0 Å². The van der Waals surface area contributed by atoms with Gasteiger partial charge in [-0.25, -0.2) is 8.42 Å². The number of hydrogen-bond acceptors (Lipinski definition) is 5. The Kier molecular flexibility index (Phi) is 7.83. The van der Waals surface area contributed by atoms with Crippen LogP contribution in [0.1, 0.15) is 24.2 Å². The van der Waals surface area contributed by atoms with Crippen molar-refractivity contribution < 1.29 is 22.7 Å². The number of ether oxygens (including phenoxy) is 2. The molecule has 0 aromatic heterocycles. The molecule has 0 radical (unpaired) electrons. The number of methoxy groups -OCH3 is 1. The Hall–Kier alpha value is -2.58. The molecule has 1 N–H and O–H groups in total. The predicted octanol–water partition coefficient (Wildman–Crippen LogP) is 2.53. The number of benzene rings is 2. The zero-order valence-electron chi connectivity index (χ0n) is 16.3. The van der Waals surface area contributed by atoms with Crippen molar-refractivity contribution in [3.63, 3.8) is 0 Å². The van der Waals surface area contributed by atoms with Crippen LogP contribution in [0.15, 0.2) is 53.4 Å². The van der Waals surface area contributed by atoms with Crippen LogP contribution >= 0.6 is 0 Å². The van der Waals surface area contributed by atoms with E-state index in [0.29, 0.717) is 24.6 Å². The molecule has 0 heterocycles. The summed E-state index contributed by atoms with van der Waals surface area (Å²) in [6, 6.07) is 13.3. The molecule has 0 aliphatic heterocycles. The van der Waals surface area contributed by atoms with Crippen molar-refractivity contribution in [3.8, 4) is 11.5 Å². The summed E-state index contributed by atoms with van der Waals surface area (Å²) < 4.78 is 37.4. The smallest absolute Gasteiger partial charge is 0.251 e. The lowest BCUT2D eigenvalue weighted by atomic mass is 10.2. The minimum Gasteiger partial charge on any atom is -0.493 e. The number of nitrogens with one attached hydrogen (secondary N) is 1.